The number of aromatic nitrogens is 1. The van der Waals surface area contributed by atoms with Crippen LogP contribution in [0.1, 0.15) is 22.3 Å². The monoisotopic (exact) mass is 392 g/mol. The van der Waals surface area contributed by atoms with Crippen LogP contribution in [0.5, 0.6) is 5.88 Å². The number of pyridine rings is 1. The van der Waals surface area contributed by atoms with Gasteiger partial charge in [-0.15, -0.1) is 0 Å². The summed E-state index contributed by atoms with van der Waals surface area (Å²) in [4.78, 5) is 16.6. The highest BCUT2D eigenvalue weighted by Crippen LogP contribution is 2.23. The Morgan fingerprint density at radius 3 is 3.00 bits per heavy atom. The van der Waals surface area contributed by atoms with Crippen LogP contribution in [-0.4, -0.2) is 28.5 Å². The molecule has 1 aliphatic rings. The molecule has 2 aromatic rings. The summed E-state index contributed by atoms with van der Waals surface area (Å²) in [5.74, 6) is 2.45. The molecule has 0 saturated carbocycles. The second-order valence-corrected chi connectivity index (χ2v) is 7.47. The number of thioether (sulfide) groups is 1. The van der Waals surface area contributed by atoms with E-state index in [-0.39, 0.29) is 12.0 Å². The number of hydrogen-bond acceptors (Lipinski definition) is 4. The zero-order chi connectivity index (χ0) is 16.2. The predicted octanol–water partition coefficient (Wildman–Crippen LogP) is 4.29. The number of benzene rings is 1. The van der Waals surface area contributed by atoms with Crippen LogP contribution in [-0.2, 0) is 0 Å². The molecule has 4 nitrogen and oxygen atoms in total. The molecule has 1 unspecified atom stereocenters. The highest BCUT2D eigenvalue weighted by molar-refractivity contribution is 9.10. The van der Waals surface area contributed by atoms with E-state index in [0.29, 0.717) is 11.4 Å². The topological polar surface area (TPSA) is 51.2 Å². The van der Waals surface area contributed by atoms with E-state index in [0.717, 1.165) is 33.7 Å². The van der Waals surface area contributed by atoms with Crippen LogP contribution in [0.25, 0.3) is 0 Å². The Morgan fingerprint density at radius 2 is 2.26 bits per heavy atom. The van der Waals surface area contributed by atoms with E-state index in [1.165, 1.54) is 0 Å². The van der Waals surface area contributed by atoms with E-state index in [4.69, 9.17) is 4.74 Å². The first-order valence-corrected chi connectivity index (χ1v) is 9.34. The van der Waals surface area contributed by atoms with Crippen molar-refractivity contribution in [2.75, 3.05) is 16.8 Å². The van der Waals surface area contributed by atoms with Gasteiger partial charge in [0.15, 0.2) is 0 Å². The van der Waals surface area contributed by atoms with Crippen LogP contribution in [0.3, 0.4) is 0 Å². The van der Waals surface area contributed by atoms with Crippen molar-refractivity contribution in [3.63, 3.8) is 0 Å². The van der Waals surface area contributed by atoms with Gasteiger partial charge in [-0.1, -0.05) is 15.9 Å². The second-order valence-electron chi connectivity index (χ2n) is 5.40. The van der Waals surface area contributed by atoms with Gasteiger partial charge in [0.1, 0.15) is 6.10 Å². The first kappa shape index (κ1) is 16.3. The molecular formula is C17H17BrN2O2S. The van der Waals surface area contributed by atoms with Gasteiger partial charge < -0.3 is 10.1 Å². The van der Waals surface area contributed by atoms with Crippen molar-refractivity contribution in [1.82, 2.24) is 4.98 Å². The van der Waals surface area contributed by atoms with Crippen LogP contribution in [0.2, 0.25) is 0 Å². The Kier molecular flexibility index (Phi) is 5.23. The molecule has 2 heterocycles. The van der Waals surface area contributed by atoms with Crippen molar-refractivity contribution in [2.24, 2.45) is 0 Å². The molecule has 3 rings (SSSR count). The molecule has 1 fully saturated rings. The normalized spacial score (nSPS) is 17.0. The van der Waals surface area contributed by atoms with E-state index in [9.17, 15) is 4.79 Å². The molecule has 1 aromatic heterocycles. The first-order valence-electron chi connectivity index (χ1n) is 7.40. The lowest BCUT2D eigenvalue weighted by Crippen LogP contribution is -2.17. The van der Waals surface area contributed by atoms with E-state index >= 15 is 0 Å². The van der Waals surface area contributed by atoms with Gasteiger partial charge in [0.2, 0.25) is 5.88 Å². The van der Waals surface area contributed by atoms with Crippen molar-refractivity contribution in [3.05, 3.63) is 52.1 Å². The molecule has 0 spiro atoms. The zero-order valence-electron chi connectivity index (χ0n) is 12.7. The Bertz CT molecular complexity index is 717. The smallest absolute Gasteiger partial charge is 0.255 e. The van der Waals surface area contributed by atoms with Crippen LogP contribution >= 0.6 is 27.7 Å². The Hall–Kier alpha value is -1.53. The molecule has 23 heavy (non-hydrogen) atoms. The lowest BCUT2D eigenvalue weighted by atomic mass is 10.2. The Labute approximate surface area is 148 Å². The van der Waals surface area contributed by atoms with Crippen molar-refractivity contribution < 1.29 is 9.53 Å². The maximum absolute atomic E-state index is 12.4. The van der Waals surface area contributed by atoms with Gasteiger partial charge in [0.05, 0.1) is 0 Å². The summed E-state index contributed by atoms with van der Waals surface area (Å²) in [7, 11) is 0. The number of nitrogens with one attached hydrogen (secondary N) is 1. The number of halogens is 1. The van der Waals surface area contributed by atoms with Crippen LogP contribution in [0.15, 0.2) is 41.0 Å². The SMILES string of the molecule is Cc1cc(Br)ccc1NC(=O)c1ccnc(OC2CCSC2)c1. The summed E-state index contributed by atoms with van der Waals surface area (Å²) in [6.07, 6.45) is 2.83. The summed E-state index contributed by atoms with van der Waals surface area (Å²) >= 11 is 5.30. The van der Waals surface area contributed by atoms with Crippen LogP contribution < -0.4 is 10.1 Å². The van der Waals surface area contributed by atoms with E-state index < -0.39 is 0 Å². The molecule has 1 aromatic carbocycles. The molecule has 0 bridgehead atoms. The number of hydrogen-bond donors (Lipinski definition) is 1. The minimum Gasteiger partial charge on any atom is -0.473 e. The highest BCUT2D eigenvalue weighted by atomic mass is 79.9. The molecule has 0 radical (unpaired) electrons. The number of anilines is 1. The number of ether oxygens (including phenoxy) is 1. The zero-order valence-corrected chi connectivity index (χ0v) is 15.1. The standard InChI is InChI=1S/C17H17BrN2O2S/c1-11-8-13(18)2-3-15(11)20-17(21)12-4-6-19-16(9-12)22-14-5-7-23-10-14/h2-4,6,8-9,14H,5,7,10H2,1H3,(H,20,21). The fourth-order valence-electron chi connectivity index (χ4n) is 2.35. The molecule has 1 aliphatic heterocycles. The average Bonchev–Trinajstić information content (AvgIpc) is 3.03. The maximum Gasteiger partial charge on any atom is 0.255 e. The van der Waals surface area contributed by atoms with E-state index in [1.807, 2.05) is 36.9 Å². The number of aryl methyl sites for hydroxylation is 1. The van der Waals surface area contributed by atoms with Crippen molar-refractivity contribution in [3.8, 4) is 5.88 Å². The van der Waals surface area contributed by atoms with Gasteiger partial charge in [-0.05, 0) is 48.9 Å². The third-order valence-corrected chi connectivity index (χ3v) is 5.23. The molecular weight excluding hydrogens is 376 g/mol. The molecule has 6 heteroatoms. The molecule has 0 aliphatic carbocycles. The summed E-state index contributed by atoms with van der Waals surface area (Å²) in [5.41, 5.74) is 2.34. The Balaban J connectivity index is 1.71. The average molecular weight is 393 g/mol. The van der Waals surface area contributed by atoms with Crippen LogP contribution in [0, 0.1) is 6.92 Å². The number of amides is 1. The third kappa shape index (κ3) is 4.26. The molecule has 1 amide bonds. The van der Waals surface area contributed by atoms with Crippen LogP contribution in [0.4, 0.5) is 5.69 Å². The fourth-order valence-corrected chi connectivity index (χ4v) is 3.92. The number of carbonyl (C=O) groups is 1. The van der Waals surface area contributed by atoms with Crippen molar-refractivity contribution >= 4 is 39.3 Å². The number of carbonyl (C=O) groups excluding carboxylic acids is 1. The van der Waals surface area contributed by atoms with E-state index in [2.05, 4.69) is 26.2 Å². The lowest BCUT2D eigenvalue weighted by molar-refractivity contribution is 0.102. The minimum atomic E-state index is -0.163. The minimum absolute atomic E-state index is 0.163. The molecule has 1 N–H and O–H groups in total. The lowest BCUT2D eigenvalue weighted by Gasteiger charge is -2.12. The highest BCUT2D eigenvalue weighted by Gasteiger charge is 2.18. The second kappa shape index (κ2) is 7.36. The molecule has 1 atom stereocenters. The summed E-state index contributed by atoms with van der Waals surface area (Å²) < 4.78 is 6.83. The van der Waals surface area contributed by atoms with Gasteiger partial charge in [-0.25, -0.2) is 4.98 Å². The van der Waals surface area contributed by atoms with Crippen molar-refractivity contribution in [1.29, 1.82) is 0 Å². The molecule has 120 valence electrons. The van der Waals surface area contributed by atoms with Gasteiger partial charge in [0.25, 0.3) is 5.91 Å². The largest absolute Gasteiger partial charge is 0.473 e. The Morgan fingerprint density at radius 1 is 1.39 bits per heavy atom. The van der Waals surface area contributed by atoms with Gasteiger partial charge in [0, 0.05) is 33.7 Å². The summed E-state index contributed by atoms with van der Waals surface area (Å²) in [6.45, 7) is 1.96. The van der Waals surface area contributed by atoms with Gasteiger partial charge >= 0.3 is 0 Å². The maximum atomic E-state index is 12.4. The van der Waals surface area contributed by atoms with Gasteiger partial charge in [-0.3, -0.25) is 4.79 Å². The first-order chi connectivity index (χ1) is 11.1. The molecule has 1 saturated heterocycles. The van der Waals surface area contributed by atoms with Crippen molar-refractivity contribution in [2.45, 2.75) is 19.4 Å². The fraction of sp³-hybridized carbons (Fsp3) is 0.294. The van der Waals surface area contributed by atoms with E-state index in [1.54, 1.807) is 18.3 Å². The number of nitrogens with zero attached hydrogens (tertiary/aromatic N) is 1. The summed E-state index contributed by atoms with van der Waals surface area (Å²) in [5, 5.41) is 2.93. The quantitative estimate of drug-likeness (QED) is 0.842. The van der Waals surface area contributed by atoms with Gasteiger partial charge in [-0.2, -0.15) is 11.8 Å². The summed E-state index contributed by atoms with van der Waals surface area (Å²) in [6, 6.07) is 9.15. The predicted molar refractivity (Wildman–Crippen MR) is 97.4 cm³/mol. The number of rotatable bonds is 4. The third-order valence-electron chi connectivity index (χ3n) is 3.61.